The van der Waals surface area contributed by atoms with Crippen molar-refractivity contribution in [1.29, 1.82) is 0 Å². The van der Waals surface area contributed by atoms with Gasteiger partial charge >= 0.3 is 11.9 Å². The number of nitrogens with two attached hydrogens (primary N) is 1. The molecule has 0 spiro atoms. The topological polar surface area (TPSA) is 191 Å². The van der Waals surface area contributed by atoms with E-state index >= 15 is 0 Å². The summed E-state index contributed by atoms with van der Waals surface area (Å²) in [6.07, 6.45) is 2.32. The van der Waals surface area contributed by atoms with Gasteiger partial charge in [-0.3, -0.25) is 19.4 Å². The molecule has 0 aliphatic rings. The predicted octanol–water partition coefficient (Wildman–Crippen LogP) is 1.51. The number of amides is 1. The van der Waals surface area contributed by atoms with E-state index in [9.17, 15) is 24.3 Å². The number of nitrogens with one attached hydrogen (secondary N) is 3. The lowest BCUT2D eigenvalue weighted by atomic mass is 10.1. The van der Waals surface area contributed by atoms with Gasteiger partial charge in [0.25, 0.3) is 11.5 Å². The molecule has 1 unspecified atom stereocenters. The number of hydrogen-bond acceptors (Lipinski definition) is 7. The van der Waals surface area contributed by atoms with E-state index < -0.39 is 23.9 Å². The van der Waals surface area contributed by atoms with Gasteiger partial charge in [-0.05, 0) is 49.6 Å². The molecular formula is C20H23N5O6S. The molecule has 0 aliphatic heterocycles. The number of aromatic nitrogens is 3. The number of aryl methyl sites for hydroxylation is 2. The van der Waals surface area contributed by atoms with Crippen molar-refractivity contribution in [1.82, 2.24) is 20.3 Å². The number of carboxylic acids is 2. The predicted molar refractivity (Wildman–Crippen MR) is 118 cm³/mol. The summed E-state index contributed by atoms with van der Waals surface area (Å²) < 4.78 is 0. The van der Waals surface area contributed by atoms with E-state index in [1.165, 1.54) is 11.3 Å². The van der Waals surface area contributed by atoms with Gasteiger partial charge < -0.3 is 26.2 Å². The van der Waals surface area contributed by atoms with Crippen LogP contribution in [0.4, 0.5) is 5.95 Å². The second-order valence-electron chi connectivity index (χ2n) is 7.27. The van der Waals surface area contributed by atoms with Gasteiger partial charge in [-0.2, -0.15) is 4.98 Å². The summed E-state index contributed by atoms with van der Waals surface area (Å²) in [4.78, 5) is 56.9. The molecule has 0 aromatic carbocycles. The molecule has 0 radical (unpaired) electrons. The van der Waals surface area contributed by atoms with E-state index in [1.807, 2.05) is 0 Å². The molecule has 0 bridgehead atoms. The Balaban J connectivity index is 1.55. The van der Waals surface area contributed by atoms with Gasteiger partial charge in [0.05, 0.1) is 10.9 Å². The Morgan fingerprint density at radius 1 is 1.19 bits per heavy atom. The van der Waals surface area contributed by atoms with E-state index in [-0.39, 0.29) is 24.3 Å². The molecule has 3 aromatic heterocycles. The van der Waals surface area contributed by atoms with Crippen molar-refractivity contribution in [3.05, 3.63) is 44.0 Å². The van der Waals surface area contributed by atoms with Crippen LogP contribution in [0.5, 0.6) is 0 Å². The van der Waals surface area contributed by atoms with Crippen molar-refractivity contribution in [3.8, 4) is 0 Å². The molecule has 1 atom stereocenters. The molecule has 3 aromatic rings. The quantitative estimate of drug-likeness (QED) is 0.231. The Kier molecular flexibility index (Phi) is 7.25. The van der Waals surface area contributed by atoms with Gasteiger partial charge in [0, 0.05) is 17.0 Å². The van der Waals surface area contributed by atoms with Crippen LogP contribution < -0.4 is 16.6 Å². The molecular weight excluding hydrogens is 438 g/mol. The smallest absolute Gasteiger partial charge is 0.326 e. The first-order valence-corrected chi connectivity index (χ1v) is 10.8. The van der Waals surface area contributed by atoms with Gasteiger partial charge in [0.15, 0.2) is 0 Å². The zero-order valence-corrected chi connectivity index (χ0v) is 17.8. The Labute approximate surface area is 185 Å². The normalized spacial score (nSPS) is 12.0. The van der Waals surface area contributed by atoms with Crippen LogP contribution in [0, 0.1) is 0 Å². The number of unbranched alkanes of at least 4 members (excludes halogenated alkanes) is 1. The maximum absolute atomic E-state index is 12.5. The summed E-state index contributed by atoms with van der Waals surface area (Å²) >= 11 is 1.41. The highest BCUT2D eigenvalue weighted by atomic mass is 32.1. The minimum Gasteiger partial charge on any atom is -0.481 e. The number of rotatable bonds is 11. The Morgan fingerprint density at radius 2 is 1.94 bits per heavy atom. The Hall–Kier alpha value is -3.67. The van der Waals surface area contributed by atoms with Crippen molar-refractivity contribution in [3.63, 3.8) is 0 Å². The summed E-state index contributed by atoms with van der Waals surface area (Å²) in [5.41, 5.74) is 6.94. The van der Waals surface area contributed by atoms with E-state index in [0.29, 0.717) is 29.4 Å². The number of carbonyl (C=O) groups is 3. The summed E-state index contributed by atoms with van der Waals surface area (Å²) in [5, 5.41) is 22.6. The fourth-order valence-corrected chi connectivity index (χ4v) is 4.24. The highest BCUT2D eigenvalue weighted by Gasteiger charge is 2.23. The number of carbonyl (C=O) groups excluding carboxylic acids is 1. The van der Waals surface area contributed by atoms with Crippen molar-refractivity contribution in [2.24, 2.45) is 0 Å². The molecule has 170 valence electrons. The summed E-state index contributed by atoms with van der Waals surface area (Å²) in [6, 6.07) is 2.11. The minimum atomic E-state index is -1.27. The van der Waals surface area contributed by atoms with Crippen LogP contribution in [0.2, 0.25) is 0 Å². The fraction of sp³-hybridized carbons (Fsp3) is 0.350. The molecule has 12 heteroatoms. The SMILES string of the molecule is Nc1nc2[nH]c(CCCCc3sccc3C(=O)NC(CCC(=O)O)C(=O)O)cc2c(=O)[nH]1. The lowest BCUT2D eigenvalue weighted by molar-refractivity contribution is -0.140. The van der Waals surface area contributed by atoms with E-state index in [1.54, 1.807) is 17.5 Å². The third-order valence-corrected chi connectivity index (χ3v) is 5.89. The number of aromatic amines is 2. The van der Waals surface area contributed by atoms with Gasteiger partial charge in [-0.15, -0.1) is 11.3 Å². The molecule has 11 nitrogen and oxygen atoms in total. The lowest BCUT2D eigenvalue weighted by Crippen LogP contribution is -2.41. The maximum Gasteiger partial charge on any atom is 0.326 e. The number of nitrogen functional groups attached to an aromatic ring is 1. The number of aliphatic carboxylic acids is 2. The van der Waals surface area contributed by atoms with Gasteiger partial charge in [0.2, 0.25) is 5.95 Å². The molecule has 7 N–H and O–H groups in total. The van der Waals surface area contributed by atoms with Crippen LogP contribution in [0.1, 0.15) is 46.6 Å². The maximum atomic E-state index is 12.5. The molecule has 3 heterocycles. The zero-order valence-electron chi connectivity index (χ0n) is 17.0. The van der Waals surface area contributed by atoms with Crippen LogP contribution in [0.15, 0.2) is 22.3 Å². The second-order valence-corrected chi connectivity index (χ2v) is 8.27. The van der Waals surface area contributed by atoms with Crippen LogP contribution in [0.3, 0.4) is 0 Å². The number of fused-ring (bicyclic) bond motifs is 1. The Morgan fingerprint density at radius 3 is 2.66 bits per heavy atom. The summed E-state index contributed by atoms with van der Waals surface area (Å²) in [5.74, 6) is -2.88. The van der Waals surface area contributed by atoms with Crippen LogP contribution in [-0.4, -0.2) is 49.1 Å². The Bertz CT molecular complexity index is 1200. The number of anilines is 1. The number of H-pyrrole nitrogens is 2. The van der Waals surface area contributed by atoms with Crippen LogP contribution in [0.25, 0.3) is 11.0 Å². The fourth-order valence-electron chi connectivity index (χ4n) is 3.32. The van der Waals surface area contributed by atoms with Crippen molar-refractivity contribution < 1.29 is 24.6 Å². The molecule has 0 aliphatic carbocycles. The molecule has 0 fully saturated rings. The molecule has 1 amide bonds. The van der Waals surface area contributed by atoms with Gasteiger partial charge in [-0.1, -0.05) is 0 Å². The highest BCUT2D eigenvalue weighted by molar-refractivity contribution is 7.10. The average Bonchev–Trinajstić information content (AvgIpc) is 3.34. The first-order chi connectivity index (χ1) is 15.2. The number of thiophene rings is 1. The second kappa shape index (κ2) is 10.1. The number of nitrogens with zero attached hydrogens (tertiary/aromatic N) is 1. The number of hydrogen-bond donors (Lipinski definition) is 6. The monoisotopic (exact) mass is 461 g/mol. The minimum absolute atomic E-state index is 0.0486. The number of carboxylic acid groups (broad SMARTS) is 2. The summed E-state index contributed by atoms with van der Waals surface area (Å²) in [6.45, 7) is 0. The van der Waals surface area contributed by atoms with Crippen LogP contribution >= 0.6 is 11.3 Å². The third kappa shape index (κ3) is 5.72. The van der Waals surface area contributed by atoms with Gasteiger partial charge in [-0.25, -0.2) is 4.79 Å². The van der Waals surface area contributed by atoms with Crippen molar-refractivity contribution in [2.75, 3.05) is 5.73 Å². The molecule has 32 heavy (non-hydrogen) atoms. The first kappa shape index (κ1) is 23.0. The van der Waals surface area contributed by atoms with Crippen molar-refractivity contribution >= 4 is 46.2 Å². The van der Waals surface area contributed by atoms with E-state index in [2.05, 4.69) is 20.3 Å². The third-order valence-electron chi connectivity index (χ3n) is 4.91. The van der Waals surface area contributed by atoms with Crippen LogP contribution in [-0.2, 0) is 22.4 Å². The molecule has 0 saturated carbocycles. The first-order valence-electron chi connectivity index (χ1n) is 9.94. The lowest BCUT2D eigenvalue weighted by Gasteiger charge is -2.13. The standard InChI is InChI=1S/C20H23N5O6S/c21-20-24-16-12(18(29)25-20)9-10(22-16)3-1-2-4-14-11(7-8-32-14)17(28)23-13(19(30)31)5-6-15(26)27/h7-9,13H,1-6H2,(H,23,28)(H,26,27)(H,30,31)(H4,21,22,24,25,29). The van der Waals surface area contributed by atoms with Crippen molar-refractivity contribution in [2.45, 2.75) is 44.6 Å². The molecule has 3 rings (SSSR count). The van der Waals surface area contributed by atoms with E-state index in [4.69, 9.17) is 10.8 Å². The average molecular weight is 462 g/mol. The molecule has 0 saturated heterocycles. The highest BCUT2D eigenvalue weighted by Crippen LogP contribution is 2.21. The zero-order chi connectivity index (χ0) is 23.3. The van der Waals surface area contributed by atoms with E-state index in [0.717, 1.165) is 23.4 Å². The largest absolute Gasteiger partial charge is 0.481 e. The summed E-state index contributed by atoms with van der Waals surface area (Å²) in [7, 11) is 0. The van der Waals surface area contributed by atoms with Gasteiger partial charge in [0.1, 0.15) is 11.7 Å².